The number of hydrogen-bond donors (Lipinski definition) is 2. The van der Waals surface area contributed by atoms with Gasteiger partial charge < -0.3 is 15.4 Å². The van der Waals surface area contributed by atoms with Crippen molar-refractivity contribution >= 4 is 33.2 Å². The third-order valence-corrected chi connectivity index (χ3v) is 6.95. The fraction of sp³-hybridized carbons (Fsp3) is 0.167. The molecule has 0 heterocycles. The van der Waals surface area contributed by atoms with Crippen molar-refractivity contribution in [2.75, 3.05) is 30.8 Å². The zero-order chi connectivity index (χ0) is 24.2. The van der Waals surface area contributed by atoms with Crippen LogP contribution in [0.1, 0.15) is 26.3 Å². The molecule has 0 bridgehead atoms. The summed E-state index contributed by atoms with van der Waals surface area (Å²) in [7, 11) is 0.397. The van der Waals surface area contributed by atoms with Gasteiger partial charge in [-0.3, -0.25) is 13.9 Å². The lowest BCUT2D eigenvalue weighted by Crippen LogP contribution is -2.27. The molecular formula is C24H25N3O5S. The van der Waals surface area contributed by atoms with Gasteiger partial charge in [0.1, 0.15) is 5.75 Å². The molecule has 0 spiro atoms. The maximum atomic E-state index is 13.3. The number of carbonyl (C=O) groups is 2. The van der Waals surface area contributed by atoms with Crippen LogP contribution in [0.5, 0.6) is 5.75 Å². The summed E-state index contributed by atoms with van der Waals surface area (Å²) in [5.41, 5.74) is 1.75. The molecule has 0 unspecified atom stereocenters. The average Bonchev–Trinajstić information content (AvgIpc) is 2.83. The van der Waals surface area contributed by atoms with E-state index in [-0.39, 0.29) is 16.4 Å². The number of benzene rings is 3. The Morgan fingerprint density at radius 3 is 2.27 bits per heavy atom. The number of hydrogen-bond acceptors (Lipinski definition) is 5. The molecule has 0 atom stereocenters. The Balaban J connectivity index is 1.97. The number of ether oxygens (including phenoxy) is 1. The average molecular weight is 468 g/mol. The van der Waals surface area contributed by atoms with Gasteiger partial charge in [-0.2, -0.15) is 0 Å². The van der Waals surface area contributed by atoms with E-state index in [1.165, 1.54) is 33.3 Å². The molecule has 0 aliphatic carbocycles. The molecule has 0 radical (unpaired) electrons. The topological polar surface area (TPSA) is 105 Å². The van der Waals surface area contributed by atoms with Crippen molar-refractivity contribution < 1.29 is 22.7 Å². The van der Waals surface area contributed by atoms with E-state index in [2.05, 4.69) is 10.6 Å². The van der Waals surface area contributed by atoms with Crippen LogP contribution in [0.2, 0.25) is 0 Å². The molecule has 3 aromatic carbocycles. The van der Waals surface area contributed by atoms with Gasteiger partial charge in [0, 0.05) is 19.7 Å². The summed E-state index contributed by atoms with van der Waals surface area (Å²) < 4.78 is 33.0. The number of carbonyl (C=O) groups excluding carboxylic acids is 2. The lowest BCUT2D eigenvalue weighted by atomic mass is 10.1. The maximum absolute atomic E-state index is 13.3. The van der Waals surface area contributed by atoms with Crippen LogP contribution in [0, 0.1) is 6.92 Å². The third kappa shape index (κ3) is 4.83. The second-order valence-electron chi connectivity index (χ2n) is 7.20. The van der Waals surface area contributed by atoms with Crippen molar-refractivity contribution in [2.24, 2.45) is 0 Å². The molecule has 0 fully saturated rings. The van der Waals surface area contributed by atoms with Gasteiger partial charge in [0.2, 0.25) is 0 Å². The molecule has 172 valence electrons. The molecule has 33 heavy (non-hydrogen) atoms. The molecular weight excluding hydrogens is 442 g/mol. The van der Waals surface area contributed by atoms with E-state index in [1.807, 2.05) is 0 Å². The van der Waals surface area contributed by atoms with Gasteiger partial charge in [0.05, 0.1) is 28.9 Å². The quantitative estimate of drug-likeness (QED) is 0.554. The fourth-order valence-corrected chi connectivity index (χ4v) is 4.53. The predicted octanol–water partition coefficient (Wildman–Crippen LogP) is 3.44. The number of nitrogens with one attached hydrogen (secondary N) is 2. The van der Waals surface area contributed by atoms with Crippen molar-refractivity contribution in [1.82, 2.24) is 5.32 Å². The van der Waals surface area contributed by atoms with Gasteiger partial charge in [0.25, 0.3) is 21.8 Å². The van der Waals surface area contributed by atoms with Gasteiger partial charge in [-0.15, -0.1) is 0 Å². The molecule has 2 amide bonds. The van der Waals surface area contributed by atoms with Gasteiger partial charge in [-0.05, 0) is 48.9 Å². The largest absolute Gasteiger partial charge is 0.495 e. The number of aryl methyl sites for hydroxylation is 1. The number of methoxy groups -OCH3 is 1. The van der Waals surface area contributed by atoms with Crippen LogP contribution >= 0.6 is 0 Å². The SMILES string of the molecule is CNC(=O)c1ccccc1NC(=O)c1cc(S(=O)(=O)N(C)c2ccccc2OC)ccc1C. The highest BCUT2D eigenvalue weighted by Gasteiger charge is 2.25. The Morgan fingerprint density at radius 2 is 1.58 bits per heavy atom. The predicted molar refractivity (Wildman–Crippen MR) is 128 cm³/mol. The van der Waals surface area contributed by atoms with Crippen LogP contribution in [0.3, 0.4) is 0 Å². The molecule has 0 saturated heterocycles. The molecule has 3 rings (SSSR count). The third-order valence-electron chi connectivity index (χ3n) is 5.18. The highest BCUT2D eigenvalue weighted by molar-refractivity contribution is 7.92. The van der Waals surface area contributed by atoms with Crippen molar-refractivity contribution in [3.05, 3.63) is 83.4 Å². The zero-order valence-electron chi connectivity index (χ0n) is 18.7. The summed E-state index contributed by atoms with van der Waals surface area (Å²) >= 11 is 0. The number of anilines is 2. The molecule has 0 aromatic heterocycles. The Labute approximate surface area is 193 Å². The number of rotatable bonds is 7. The molecule has 3 aromatic rings. The van der Waals surface area contributed by atoms with E-state index in [1.54, 1.807) is 61.5 Å². The van der Waals surface area contributed by atoms with E-state index in [9.17, 15) is 18.0 Å². The van der Waals surface area contributed by atoms with Gasteiger partial charge >= 0.3 is 0 Å². The lowest BCUT2D eigenvalue weighted by molar-refractivity contribution is 0.0964. The second-order valence-corrected chi connectivity index (χ2v) is 9.17. The minimum Gasteiger partial charge on any atom is -0.495 e. The normalized spacial score (nSPS) is 10.9. The smallest absolute Gasteiger partial charge is 0.264 e. The van der Waals surface area contributed by atoms with Crippen LogP contribution in [0.4, 0.5) is 11.4 Å². The summed E-state index contributed by atoms with van der Waals surface area (Å²) in [5.74, 6) is -0.474. The minimum atomic E-state index is -3.99. The first kappa shape index (κ1) is 23.8. The summed E-state index contributed by atoms with van der Waals surface area (Å²) in [4.78, 5) is 25.1. The van der Waals surface area contributed by atoms with E-state index in [0.29, 0.717) is 28.3 Å². The van der Waals surface area contributed by atoms with E-state index < -0.39 is 15.9 Å². The molecule has 8 nitrogen and oxygen atoms in total. The van der Waals surface area contributed by atoms with Gasteiger partial charge in [-0.1, -0.05) is 30.3 Å². The fourth-order valence-electron chi connectivity index (χ4n) is 3.30. The van der Waals surface area contributed by atoms with Gasteiger partial charge in [-0.25, -0.2) is 8.42 Å². The van der Waals surface area contributed by atoms with Crippen LogP contribution in [-0.4, -0.2) is 41.4 Å². The first-order valence-corrected chi connectivity index (χ1v) is 11.5. The summed E-state index contributed by atoms with van der Waals surface area (Å²) in [6.45, 7) is 1.71. The highest BCUT2D eigenvalue weighted by Crippen LogP contribution is 2.31. The second kappa shape index (κ2) is 9.74. The Morgan fingerprint density at radius 1 is 0.909 bits per heavy atom. The molecule has 0 aliphatic rings. The first-order chi connectivity index (χ1) is 15.7. The van der Waals surface area contributed by atoms with Crippen molar-refractivity contribution in [2.45, 2.75) is 11.8 Å². The van der Waals surface area contributed by atoms with Crippen LogP contribution < -0.4 is 19.7 Å². The summed E-state index contributed by atoms with van der Waals surface area (Å²) in [6, 6.07) is 17.7. The monoisotopic (exact) mass is 467 g/mol. The molecule has 0 aliphatic heterocycles. The van der Waals surface area contributed by atoms with E-state index in [4.69, 9.17) is 4.74 Å². The maximum Gasteiger partial charge on any atom is 0.264 e. The summed E-state index contributed by atoms with van der Waals surface area (Å²) in [5, 5.41) is 5.24. The van der Waals surface area contributed by atoms with Crippen LogP contribution in [-0.2, 0) is 10.0 Å². The lowest BCUT2D eigenvalue weighted by Gasteiger charge is -2.22. The Bertz CT molecular complexity index is 1300. The summed E-state index contributed by atoms with van der Waals surface area (Å²) in [6.07, 6.45) is 0. The molecule has 0 saturated carbocycles. The van der Waals surface area contributed by atoms with Crippen molar-refractivity contribution in [1.29, 1.82) is 0 Å². The standard InChI is InChI=1S/C24H25N3O5S/c1-16-13-14-17(33(30,31)27(3)21-11-7-8-12-22(21)32-4)15-19(16)24(29)26-20-10-6-5-9-18(20)23(28)25-2/h5-15H,1-4H3,(H,25,28)(H,26,29). The number of amides is 2. The van der Waals surface area contributed by atoms with Crippen molar-refractivity contribution in [3.8, 4) is 5.75 Å². The number of para-hydroxylation sites is 3. The zero-order valence-corrected chi connectivity index (χ0v) is 19.6. The molecule has 9 heteroatoms. The van der Waals surface area contributed by atoms with Crippen LogP contribution in [0.25, 0.3) is 0 Å². The van der Waals surface area contributed by atoms with Crippen LogP contribution in [0.15, 0.2) is 71.6 Å². The van der Waals surface area contributed by atoms with E-state index >= 15 is 0 Å². The number of nitrogens with zero attached hydrogens (tertiary/aromatic N) is 1. The van der Waals surface area contributed by atoms with Gasteiger partial charge in [0.15, 0.2) is 0 Å². The van der Waals surface area contributed by atoms with Crippen molar-refractivity contribution in [3.63, 3.8) is 0 Å². The minimum absolute atomic E-state index is 0.0498. The Kier molecular flexibility index (Phi) is 7.03. The number of sulfonamides is 1. The molecule has 2 N–H and O–H groups in total. The first-order valence-electron chi connectivity index (χ1n) is 10.1. The Hall–Kier alpha value is -3.85. The highest BCUT2D eigenvalue weighted by atomic mass is 32.2. The van der Waals surface area contributed by atoms with E-state index in [0.717, 1.165) is 4.31 Å².